The Morgan fingerprint density at radius 1 is 1.41 bits per heavy atom. The molecular formula is C17H18F3N3O3S. The van der Waals surface area contributed by atoms with E-state index < -0.39 is 29.4 Å². The quantitative estimate of drug-likeness (QED) is 0.742. The molecule has 2 N–H and O–H groups in total. The second-order valence-electron chi connectivity index (χ2n) is 6.41. The van der Waals surface area contributed by atoms with E-state index in [0.717, 1.165) is 0 Å². The highest BCUT2D eigenvalue weighted by Crippen LogP contribution is 2.31. The van der Waals surface area contributed by atoms with Crippen molar-refractivity contribution >= 4 is 34.9 Å². The van der Waals surface area contributed by atoms with Crippen LogP contribution in [0.1, 0.15) is 24.3 Å². The fourth-order valence-electron chi connectivity index (χ4n) is 3.19. The van der Waals surface area contributed by atoms with Gasteiger partial charge in [0.15, 0.2) is 0 Å². The summed E-state index contributed by atoms with van der Waals surface area (Å²) in [6.45, 7) is 0.532. The molecule has 0 saturated carbocycles. The van der Waals surface area contributed by atoms with Crippen LogP contribution in [0.4, 0.5) is 23.7 Å². The van der Waals surface area contributed by atoms with Crippen LogP contribution in [-0.4, -0.2) is 49.2 Å². The zero-order valence-electron chi connectivity index (χ0n) is 14.2. The molecule has 0 radical (unpaired) electrons. The summed E-state index contributed by atoms with van der Waals surface area (Å²) in [6.07, 6.45) is -3.28. The Bertz CT molecular complexity index is 762. The Hall–Kier alpha value is -2.36. The van der Waals surface area contributed by atoms with Crippen molar-refractivity contribution < 1.29 is 27.5 Å². The first-order valence-corrected chi connectivity index (χ1v) is 8.86. The number of nitrogens with one attached hydrogen (secondary N) is 2. The molecule has 0 spiro atoms. The number of halogens is 3. The molecule has 2 aliphatic heterocycles. The Balaban J connectivity index is 1.66. The Kier molecular flexibility index (Phi) is 5.83. The van der Waals surface area contributed by atoms with Gasteiger partial charge in [-0.3, -0.25) is 9.69 Å². The van der Waals surface area contributed by atoms with Crippen LogP contribution in [0.15, 0.2) is 18.2 Å². The van der Waals surface area contributed by atoms with Gasteiger partial charge >= 0.3 is 6.09 Å². The van der Waals surface area contributed by atoms with Gasteiger partial charge in [-0.05, 0) is 30.0 Å². The first-order valence-electron chi connectivity index (χ1n) is 8.45. The van der Waals surface area contributed by atoms with Crippen molar-refractivity contribution in [2.45, 2.75) is 31.3 Å². The molecule has 0 aliphatic carbocycles. The first kappa shape index (κ1) is 19.4. The van der Waals surface area contributed by atoms with Crippen molar-refractivity contribution in [3.8, 4) is 0 Å². The van der Waals surface area contributed by atoms with E-state index in [0.29, 0.717) is 24.2 Å². The highest BCUT2D eigenvalue weighted by molar-refractivity contribution is 7.80. The second-order valence-corrected chi connectivity index (χ2v) is 6.85. The zero-order chi connectivity index (χ0) is 19.6. The third kappa shape index (κ3) is 4.49. The maximum atomic E-state index is 14.6. The average Bonchev–Trinajstić information content (AvgIpc) is 3.00. The summed E-state index contributed by atoms with van der Waals surface area (Å²) in [5.41, 5.74) is 0.738. The number of rotatable bonds is 5. The number of cyclic esters (lactones) is 1. The van der Waals surface area contributed by atoms with Gasteiger partial charge < -0.3 is 15.4 Å². The molecule has 6 nitrogen and oxygen atoms in total. The van der Waals surface area contributed by atoms with Crippen LogP contribution in [0.3, 0.4) is 0 Å². The summed E-state index contributed by atoms with van der Waals surface area (Å²) in [7, 11) is 0. The fourth-order valence-corrected chi connectivity index (χ4v) is 3.28. The molecule has 1 aromatic carbocycles. The van der Waals surface area contributed by atoms with Crippen molar-refractivity contribution in [1.82, 2.24) is 10.6 Å². The van der Waals surface area contributed by atoms with Crippen LogP contribution < -0.4 is 15.5 Å². The van der Waals surface area contributed by atoms with E-state index in [-0.39, 0.29) is 31.3 Å². The van der Waals surface area contributed by atoms with Crippen molar-refractivity contribution in [2.24, 2.45) is 0 Å². The topological polar surface area (TPSA) is 70.7 Å². The number of nitrogens with zero attached hydrogens (tertiary/aromatic N) is 1. The summed E-state index contributed by atoms with van der Waals surface area (Å²) in [6, 6.07) is 4.38. The minimum absolute atomic E-state index is 0.0524. The van der Waals surface area contributed by atoms with E-state index in [2.05, 4.69) is 22.9 Å². The molecule has 2 amide bonds. The van der Waals surface area contributed by atoms with Crippen molar-refractivity contribution in [3.63, 3.8) is 0 Å². The maximum Gasteiger partial charge on any atom is 0.414 e. The lowest BCUT2D eigenvalue weighted by Crippen LogP contribution is -2.36. The van der Waals surface area contributed by atoms with Gasteiger partial charge in [0.2, 0.25) is 5.91 Å². The summed E-state index contributed by atoms with van der Waals surface area (Å²) >= 11 is 4.47. The number of hydrogen-bond donors (Lipinski definition) is 2. The molecular weight excluding hydrogens is 383 g/mol. The number of anilines is 1. The van der Waals surface area contributed by atoms with Gasteiger partial charge in [0, 0.05) is 13.0 Å². The number of alkyl halides is 2. The van der Waals surface area contributed by atoms with E-state index in [1.165, 1.54) is 11.0 Å². The molecule has 2 saturated heterocycles. The summed E-state index contributed by atoms with van der Waals surface area (Å²) in [5.74, 6) is -0.819. The molecule has 2 fully saturated rings. The smallest absolute Gasteiger partial charge is 0.414 e. The second kappa shape index (κ2) is 8.12. The minimum atomic E-state index is -2.78. The standard InChI is InChI=1S/C17H18F3N3O3S/c18-13-6-10(1-2-12(13)9-3-4-21-14(24)5-9)23-8-11(26-17(23)25)7-22-16(27)15(19)20/h1-2,6,9,11,15H,3-5,7-8H2,(H,21,24)(H,22,27). The van der Waals surface area contributed by atoms with Gasteiger partial charge in [0.25, 0.3) is 6.43 Å². The molecule has 0 bridgehead atoms. The van der Waals surface area contributed by atoms with Gasteiger partial charge in [-0.2, -0.15) is 0 Å². The van der Waals surface area contributed by atoms with Gasteiger partial charge in [0.05, 0.1) is 18.8 Å². The van der Waals surface area contributed by atoms with Crippen LogP contribution in [-0.2, 0) is 9.53 Å². The van der Waals surface area contributed by atoms with Crippen LogP contribution in [0, 0.1) is 5.82 Å². The molecule has 10 heteroatoms. The monoisotopic (exact) mass is 401 g/mol. The van der Waals surface area contributed by atoms with Crippen LogP contribution >= 0.6 is 12.2 Å². The van der Waals surface area contributed by atoms with Crippen molar-refractivity contribution in [2.75, 3.05) is 24.5 Å². The lowest BCUT2D eigenvalue weighted by Gasteiger charge is -2.23. The molecule has 3 rings (SSSR count). The number of thiocarbonyl (C=S) groups is 1. The van der Waals surface area contributed by atoms with Crippen LogP contribution in [0.25, 0.3) is 0 Å². The van der Waals surface area contributed by atoms with E-state index >= 15 is 0 Å². The van der Waals surface area contributed by atoms with E-state index in [1.54, 1.807) is 12.1 Å². The van der Waals surface area contributed by atoms with Crippen LogP contribution in [0.5, 0.6) is 0 Å². The summed E-state index contributed by atoms with van der Waals surface area (Å²) in [5, 5.41) is 5.05. The predicted octanol–water partition coefficient (Wildman–Crippen LogP) is 2.33. The molecule has 2 aliphatic rings. The van der Waals surface area contributed by atoms with E-state index in [4.69, 9.17) is 4.74 Å². The number of hydrogen-bond acceptors (Lipinski definition) is 4. The van der Waals surface area contributed by atoms with E-state index in [1.807, 2.05) is 0 Å². The fraction of sp³-hybridized carbons (Fsp3) is 0.471. The van der Waals surface area contributed by atoms with Gasteiger partial charge in [-0.15, -0.1) is 0 Å². The predicted molar refractivity (Wildman–Crippen MR) is 95.6 cm³/mol. The molecule has 2 unspecified atom stereocenters. The zero-order valence-corrected chi connectivity index (χ0v) is 15.0. The lowest BCUT2D eigenvalue weighted by molar-refractivity contribution is -0.122. The number of benzene rings is 1. The third-order valence-electron chi connectivity index (χ3n) is 4.56. The highest BCUT2D eigenvalue weighted by atomic mass is 32.1. The normalized spacial score (nSPS) is 22.6. The Labute approximate surface area is 159 Å². The molecule has 27 heavy (non-hydrogen) atoms. The maximum absolute atomic E-state index is 14.6. The largest absolute Gasteiger partial charge is 0.442 e. The minimum Gasteiger partial charge on any atom is -0.442 e. The average molecular weight is 401 g/mol. The van der Waals surface area contributed by atoms with Crippen LogP contribution in [0.2, 0.25) is 0 Å². The molecule has 2 heterocycles. The summed E-state index contributed by atoms with van der Waals surface area (Å²) in [4.78, 5) is 24.1. The molecule has 146 valence electrons. The van der Waals surface area contributed by atoms with Gasteiger partial charge in [-0.25, -0.2) is 18.0 Å². The number of piperidine rings is 1. The molecule has 0 aromatic heterocycles. The summed E-state index contributed by atoms with van der Waals surface area (Å²) < 4.78 is 44.4. The number of amides is 2. The first-order chi connectivity index (χ1) is 12.8. The van der Waals surface area contributed by atoms with E-state index in [9.17, 15) is 22.8 Å². The Morgan fingerprint density at radius 3 is 2.85 bits per heavy atom. The number of ether oxygens (including phenoxy) is 1. The number of carbonyl (C=O) groups is 2. The number of carbonyl (C=O) groups excluding carboxylic acids is 2. The lowest BCUT2D eigenvalue weighted by atomic mass is 9.89. The van der Waals surface area contributed by atoms with Gasteiger partial charge in [-0.1, -0.05) is 18.3 Å². The van der Waals surface area contributed by atoms with Crippen molar-refractivity contribution in [3.05, 3.63) is 29.6 Å². The third-order valence-corrected chi connectivity index (χ3v) is 4.88. The van der Waals surface area contributed by atoms with Crippen molar-refractivity contribution in [1.29, 1.82) is 0 Å². The SMILES string of the molecule is O=C1CC(c2ccc(N3CC(CNC(=S)C(F)F)OC3=O)cc2F)CCN1. The van der Waals surface area contributed by atoms with Gasteiger partial charge in [0.1, 0.15) is 16.9 Å². The highest BCUT2D eigenvalue weighted by Gasteiger charge is 2.33. The molecule has 2 atom stereocenters. The Morgan fingerprint density at radius 2 is 2.19 bits per heavy atom. The molecule has 1 aromatic rings.